The maximum atomic E-state index is 12.0. The highest BCUT2D eigenvalue weighted by molar-refractivity contribution is 6.01. The van der Waals surface area contributed by atoms with E-state index in [1.54, 1.807) is 18.2 Å². The number of benzene rings is 2. The molecule has 0 unspecified atom stereocenters. The van der Waals surface area contributed by atoms with Crippen LogP contribution in [0.25, 0.3) is 0 Å². The number of carboxylic acid groups (broad SMARTS) is 2. The summed E-state index contributed by atoms with van der Waals surface area (Å²) in [7, 11) is 0. The molecule has 0 fully saturated rings. The molecule has 0 atom stereocenters. The van der Waals surface area contributed by atoms with E-state index in [9.17, 15) is 14.4 Å². The van der Waals surface area contributed by atoms with Crippen molar-refractivity contribution in [3.8, 4) is 0 Å². The minimum Gasteiger partial charge on any atom is -0.478 e. The number of aromatic carboxylic acids is 2. The zero-order chi connectivity index (χ0) is 16.1. The number of carbonyl (C=O) groups is 3. The third-order valence-electron chi connectivity index (χ3n) is 3.05. The summed E-state index contributed by atoms with van der Waals surface area (Å²) in [6.45, 7) is -0.0866. The molecular formula is C16H13NO5. The first-order valence-electron chi connectivity index (χ1n) is 6.42. The van der Waals surface area contributed by atoms with Crippen molar-refractivity contribution in [3.63, 3.8) is 0 Å². The summed E-state index contributed by atoms with van der Waals surface area (Å²) in [4.78, 5) is 33.8. The number of ketones is 1. The predicted molar refractivity (Wildman–Crippen MR) is 79.6 cm³/mol. The summed E-state index contributed by atoms with van der Waals surface area (Å²) in [5.74, 6) is -2.41. The number of para-hydroxylation sites is 1. The van der Waals surface area contributed by atoms with Crippen LogP contribution in [0.2, 0.25) is 0 Å². The molecule has 0 saturated heterocycles. The van der Waals surface area contributed by atoms with E-state index >= 15 is 0 Å². The smallest absolute Gasteiger partial charge is 0.337 e. The van der Waals surface area contributed by atoms with E-state index in [1.165, 1.54) is 30.3 Å². The van der Waals surface area contributed by atoms with Crippen molar-refractivity contribution >= 4 is 23.4 Å². The lowest BCUT2D eigenvalue weighted by Crippen LogP contribution is -2.16. The van der Waals surface area contributed by atoms with Gasteiger partial charge in [-0.1, -0.05) is 24.3 Å². The molecule has 6 heteroatoms. The Balaban J connectivity index is 2.07. The molecule has 2 aromatic rings. The molecule has 0 spiro atoms. The van der Waals surface area contributed by atoms with Crippen molar-refractivity contribution in [3.05, 3.63) is 65.2 Å². The fraction of sp³-hybridized carbons (Fsp3) is 0.0625. The van der Waals surface area contributed by atoms with E-state index in [-0.39, 0.29) is 23.5 Å². The molecule has 0 heterocycles. The van der Waals surface area contributed by atoms with Crippen molar-refractivity contribution in [2.24, 2.45) is 0 Å². The van der Waals surface area contributed by atoms with Gasteiger partial charge in [-0.25, -0.2) is 9.59 Å². The number of hydrogen-bond acceptors (Lipinski definition) is 4. The van der Waals surface area contributed by atoms with Crippen LogP contribution in [0.15, 0.2) is 48.5 Å². The zero-order valence-electron chi connectivity index (χ0n) is 11.4. The van der Waals surface area contributed by atoms with Crippen molar-refractivity contribution in [1.82, 2.24) is 0 Å². The highest BCUT2D eigenvalue weighted by atomic mass is 16.4. The largest absolute Gasteiger partial charge is 0.478 e. The summed E-state index contributed by atoms with van der Waals surface area (Å²) in [6, 6.07) is 11.8. The van der Waals surface area contributed by atoms with Gasteiger partial charge in [0, 0.05) is 11.3 Å². The van der Waals surface area contributed by atoms with Gasteiger partial charge in [0.05, 0.1) is 17.7 Å². The molecule has 0 amide bonds. The highest BCUT2D eigenvalue weighted by Crippen LogP contribution is 2.15. The average molecular weight is 299 g/mol. The monoisotopic (exact) mass is 299 g/mol. The van der Waals surface area contributed by atoms with Crippen molar-refractivity contribution in [2.75, 3.05) is 11.9 Å². The SMILES string of the molecule is O=C(O)c1ccc(C(=O)CNc2ccccc2C(=O)O)cc1. The number of rotatable bonds is 6. The van der Waals surface area contributed by atoms with Crippen LogP contribution in [0.3, 0.4) is 0 Å². The fourth-order valence-corrected chi connectivity index (χ4v) is 1.90. The van der Waals surface area contributed by atoms with Crippen molar-refractivity contribution in [2.45, 2.75) is 0 Å². The molecule has 6 nitrogen and oxygen atoms in total. The van der Waals surface area contributed by atoms with E-state index in [0.717, 1.165) is 0 Å². The average Bonchev–Trinajstić information content (AvgIpc) is 2.52. The van der Waals surface area contributed by atoms with Gasteiger partial charge >= 0.3 is 11.9 Å². The molecule has 22 heavy (non-hydrogen) atoms. The Morgan fingerprint density at radius 2 is 1.41 bits per heavy atom. The summed E-state index contributed by atoms with van der Waals surface area (Å²) in [6.07, 6.45) is 0. The maximum Gasteiger partial charge on any atom is 0.337 e. The lowest BCUT2D eigenvalue weighted by atomic mass is 10.1. The van der Waals surface area contributed by atoms with E-state index < -0.39 is 11.9 Å². The second-order valence-electron chi connectivity index (χ2n) is 4.51. The standard InChI is InChI=1S/C16H13NO5/c18-14(10-5-7-11(8-6-10)15(19)20)9-17-13-4-2-1-3-12(13)16(21)22/h1-8,17H,9H2,(H,19,20)(H,21,22). The Hall–Kier alpha value is -3.15. The Kier molecular flexibility index (Phi) is 4.53. The molecular weight excluding hydrogens is 286 g/mol. The van der Waals surface area contributed by atoms with Crippen LogP contribution in [0.5, 0.6) is 0 Å². The molecule has 0 radical (unpaired) electrons. The van der Waals surface area contributed by atoms with Crippen molar-refractivity contribution < 1.29 is 24.6 Å². The van der Waals surface area contributed by atoms with Crippen LogP contribution < -0.4 is 5.32 Å². The van der Waals surface area contributed by atoms with Gasteiger partial charge in [-0.05, 0) is 24.3 Å². The zero-order valence-corrected chi connectivity index (χ0v) is 11.4. The summed E-state index contributed by atoms with van der Waals surface area (Å²) < 4.78 is 0. The van der Waals surface area contributed by atoms with Gasteiger partial charge in [0.25, 0.3) is 0 Å². The normalized spacial score (nSPS) is 10.0. The van der Waals surface area contributed by atoms with Crippen molar-refractivity contribution in [1.29, 1.82) is 0 Å². The van der Waals surface area contributed by atoms with E-state index in [4.69, 9.17) is 10.2 Å². The molecule has 0 aliphatic heterocycles. The second kappa shape index (κ2) is 6.53. The van der Waals surface area contributed by atoms with Crippen LogP contribution in [0.4, 0.5) is 5.69 Å². The molecule has 3 N–H and O–H groups in total. The summed E-state index contributed by atoms with van der Waals surface area (Å²) in [5.41, 5.74) is 0.882. The topological polar surface area (TPSA) is 104 Å². The van der Waals surface area contributed by atoms with Crippen LogP contribution >= 0.6 is 0 Å². The van der Waals surface area contributed by atoms with Gasteiger partial charge in [-0.3, -0.25) is 4.79 Å². The summed E-state index contributed by atoms with van der Waals surface area (Å²) >= 11 is 0. The summed E-state index contributed by atoms with van der Waals surface area (Å²) in [5, 5.41) is 20.6. The van der Waals surface area contributed by atoms with E-state index in [2.05, 4.69) is 5.32 Å². The van der Waals surface area contributed by atoms with Gasteiger partial charge in [0.15, 0.2) is 5.78 Å². The number of carboxylic acids is 2. The maximum absolute atomic E-state index is 12.0. The molecule has 0 bridgehead atoms. The third-order valence-corrected chi connectivity index (χ3v) is 3.05. The van der Waals surface area contributed by atoms with E-state index in [1.807, 2.05) is 0 Å². The highest BCUT2D eigenvalue weighted by Gasteiger charge is 2.11. The number of nitrogens with one attached hydrogen (secondary N) is 1. The molecule has 2 aromatic carbocycles. The Morgan fingerprint density at radius 1 is 0.818 bits per heavy atom. The van der Waals surface area contributed by atoms with Crippen LogP contribution in [0, 0.1) is 0 Å². The molecule has 0 aliphatic rings. The van der Waals surface area contributed by atoms with Gasteiger partial charge in [-0.2, -0.15) is 0 Å². The second-order valence-corrected chi connectivity index (χ2v) is 4.51. The lowest BCUT2D eigenvalue weighted by Gasteiger charge is -2.09. The third kappa shape index (κ3) is 3.49. The van der Waals surface area contributed by atoms with Crippen LogP contribution in [-0.4, -0.2) is 34.5 Å². The Labute approximate surface area is 126 Å². The van der Waals surface area contributed by atoms with Crippen LogP contribution in [-0.2, 0) is 0 Å². The molecule has 112 valence electrons. The first-order chi connectivity index (χ1) is 10.5. The lowest BCUT2D eigenvalue weighted by molar-refractivity contribution is 0.0686. The van der Waals surface area contributed by atoms with Gasteiger partial charge < -0.3 is 15.5 Å². The quantitative estimate of drug-likeness (QED) is 0.707. The number of carbonyl (C=O) groups excluding carboxylic acids is 1. The predicted octanol–water partition coefficient (Wildman–Crippen LogP) is 2.38. The van der Waals surface area contributed by atoms with E-state index in [0.29, 0.717) is 11.3 Å². The molecule has 2 rings (SSSR count). The first-order valence-corrected chi connectivity index (χ1v) is 6.42. The molecule has 0 aromatic heterocycles. The van der Waals surface area contributed by atoms with Gasteiger partial charge in [0.1, 0.15) is 0 Å². The van der Waals surface area contributed by atoms with Gasteiger partial charge in [0.2, 0.25) is 0 Å². The molecule has 0 aliphatic carbocycles. The number of hydrogen-bond donors (Lipinski definition) is 3. The Morgan fingerprint density at radius 3 is 2.00 bits per heavy atom. The van der Waals surface area contributed by atoms with Crippen LogP contribution in [0.1, 0.15) is 31.1 Å². The number of anilines is 1. The van der Waals surface area contributed by atoms with Gasteiger partial charge in [-0.15, -0.1) is 0 Å². The molecule has 0 saturated carbocycles. The Bertz CT molecular complexity index is 722. The minimum absolute atomic E-state index is 0.0801. The fourth-order valence-electron chi connectivity index (χ4n) is 1.90. The number of Topliss-reactive ketones (excluding diaryl/α,β-unsaturated/α-hetero) is 1. The first kappa shape index (κ1) is 15.2. The minimum atomic E-state index is -1.08.